The van der Waals surface area contributed by atoms with Gasteiger partial charge in [0.1, 0.15) is 6.04 Å². The summed E-state index contributed by atoms with van der Waals surface area (Å²) in [6, 6.07) is 7.15. The van der Waals surface area contributed by atoms with Crippen LogP contribution in [-0.4, -0.2) is 66.2 Å². The van der Waals surface area contributed by atoms with E-state index in [1.165, 1.54) is 4.90 Å². The minimum absolute atomic E-state index is 0.0603. The van der Waals surface area contributed by atoms with E-state index in [-0.39, 0.29) is 36.2 Å². The predicted molar refractivity (Wildman–Crippen MR) is 127 cm³/mol. The Hall–Kier alpha value is -3.16. The summed E-state index contributed by atoms with van der Waals surface area (Å²) in [6.07, 6.45) is 3.66. The van der Waals surface area contributed by atoms with Crippen molar-refractivity contribution in [2.75, 3.05) is 20.1 Å². The molecule has 1 aromatic rings. The molecule has 2 N–H and O–H groups in total. The van der Waals surface area contributed by atoms with Gasteiger partial charge in [-0.15, -0.1) is 0 Å². The number of benzene rings is 1. The molecule has 0 unspecified atom stereocenters. The van der Waals surface area contributed by atoms with Gasteiger partial charge in [-0.2, -0.15) is 0 Å². The molecule has 1 aromatic carbocycles. The van der Waals surface area contributed by atoms with Gasteiger partial charge < -0.3 is 20.4 Å². The molecule has 0 spiro atoms. The van der Waals surface area contributed by atoms with E-state index in [4.69, 9.17) is 0 Å². The molecule has 8 heteroatoms. The zero-order valence-electron chi connectivity index (χ0n) is 20.3. The van der Waals surface area contributed by atoms with Crippen LogP contribution < -0.4 is 10.6 Å². The summed E-state index contributed by atoms with van der Waals surface area (Å²) in [5.41, 5.74) is 2.67. The van der Waals surface area contributed by atoms with E-state index in [1.54, 1.807) is 24.9 Å². The summed E-state index contributed by atoms with van der Waals surface area (Å²) in [7, 11) is 1.66. The van der Waals surface area contributed by atoms with Crippen LogP contribution in [0.3, 0.4) is 0 Å². The molecule has 33 heavy (non-hydrogen) atoms. The molecule has 8 nitrogen and oxygen atoms in total. The lowest BCUT2D eigenvalue weighted by Gasteiger charge is -2.30. The molecule has 0 bridgehead atoms. The van der Waals surface area contributed by atoms with Crippen LogP contribution in [0, 0.1) is 12.8 Å². The van der Waals surface area contributed by atoms with E-state index in [9.17, 15) is 19.2 Å². The number of rotatable bonds is 10. The molecule has 1 aliphatic heterocycles. The van der Waals surface area contributed by atoms with Crippen molar-refractivity contribution in [2.24, 2.45) is 5.92 Å². The number of likely N-dealkylation sites (tertiary alicyclic amines) is 1. The highest BCUT2D eigenvalue weighted by Crippen LogP contribution is 2.22. The largest absolute Gasteiger partial charge is 0.350 e. The fourth-order valence-corrected chi connectivity index (χ4v) is 4.02. The SMILES string of the molecule is C/C(=C\[C@H](C(C)C)N(C)C(=O)CNC=O)C(=O)N1CCC[C@H]1C(=O)NCc1ccc(C)cc1. The maximum Gasteiger partial charge on any atom is 0.249 e. The number of nitrogens with zero attached hydrogens (tertiary/aromatic N) is 2. The Morgan fingerprint density at radius 2 is 1.88 bits per heavy atom. The summed E-state index contributed by atoms with van der Waals surface area (Å²) in [4.78, 5) is 52.0. The molecule has 0 saturated carbocycles. The van der Waals surface area contributed by atoms with E-state index in [0.717, 1.165) is 17.5 Å². The summed E-state index contributed by atoms with van der Waals surface area (Å²) in [5, 5.41) is 5.33. The van der Waals surface area contributed by atoms with Gasteiger partial charge in [-0.25, -0.2) is 0 Å². The standard InChI is InChI=1S/C25H36N4O4/c1-17(2)22(28(5)23(31)15-26-16-30)13-19(4)25(33)29-12-6-7-21(29)24(32)27-14-20-10-8-18(3)9-11-20/h8-11,13,16-17,21-22H,6-7,12,14-15H2,1-5H3,(H,26,30)(H,27,32)/b19-13+/t21-,22+/m0/s1. The van der Waals surface area contributed by atoms with Gasteiger partial charge in [0.2, 0.25) is 24.1 Å². The second-order valence-electron chi connectivity index (χ2n) is 8.95. The number of carbonyl (C=O) groups is 4. The normalized spacial score (nSPS) is 17.0. The lowest BCUT2D eigenvalue weighted by atomic mass is 9.99. The Morgan fingerprint density at radius 3 is 2.48 bits per heavy atom. The van der Waals surface area contributed by atoms with Gasteiger partial charge in [0.05, 0.1) is 12.6 Å². The number of aryl methyl sites for hydroxylation is 1. The van der Waals surface area contributed by atoms with Crippen LogP contribution in [-0.2, 0) is 25.7 Å². The number of amides is 4. The quantitative estimate of drug-likeness (QED) is 0.414. The van der Waals surface area contributed by atoms with E-state index in [2.05, 4.69) is 10.6 Å². The monoisotopic (exact) mass is 456 g/mol. The van der Waals surface area contributed by atoms with Gasteiger partial charge in [-0.3, -0.25) is 19.2 Å². The van der Waals surface area contributed by atoms with Crippen LogP contribution in [0.2, 0.25) is 0 Å². The fourth-order valence-electron chi connectivity index (χ4n) is 4.02. The van der Waals surface area contributed by atoms with Gasteiger partial charge in [0, 0.05) is 25.7 Å². The molecule has 0 radical (unpaired) electrons. The van der Waals surface area contributed by atoms with Crippen LogP contribution in [0.5, 0.6) is 0 Å². The molecular weight excluding hydrogens is 420 g/mol. The maximum atomic E-state index is 13.2. The van der Waals surface area contributed by atoms with Crippen LogP contribution in [0.4, 0.5) is 0 Å². The first-order valence-corrected chi connectivity index (χ1v) is 11.4. The van der Waals surface area contributed by atoms with E-state index < -0.39 is 6.04 Å². The molecule has 1 saturated heterocycles. The highest BCUT2D eigenvalue weighted by atomic mass is 16.2. The van der Waals surface area contributed by atoms with Crippen molar-refractivity contribution >= 4 is 24.1 Å². The Labute approximate surface area is 196 Å². The smallest absolute Gasteiger partial charge is 0.249 e. The average molecular weight is 457 g/mol. The second kappa shape index (κ2) is 12.2. The number of carbonyl (C=O) groups excluding carboxylic acids is 4. The predicted octanol–water partition coefficient (Wildman–Crippen LogP) is 1.78. The summed E-state index contributed by atoms with van der Waals surface area (Å²) in [6.45, 7) is 8.51. The van der Waals surface area contributed by atoms with Crippen LogP contribution in [0.1, 0.15) is 44.7 Å². The second-order valence-corrected chi connectivity index (χ2v) is 8.95. The molecule has 2 atom stereocenters. The zero-order chi connectivity index (χ0) is 24.5. The first-order valence-electron chi connectivity index (χ1n) is 11.4. The Morgan fingerprint density at radius 1 is 1.21 bits per heavy atom. The summed E-state index contributed by atoms with van der Waals surface area (Å²) in [5.74, 6) is -0.528. The summed E-state index contributed by atoms with van der Waals surface area (Å²) >= 11 is 0. The van der Waals surface area contributed by atoms with Crippen LogP contribution in [0.15, 0.2) is 35.9 Å². The highest BCUT2D eigenvalue weighted by molar-refractivity contribution is 5.97. The molecule has 1 fully saturated rings. The van der Waals surface area contributed by atoms with Crippen LogP contribution in [0.25, 0.3) is 0 Å². The lowest BCUT2D eigenvalue weighted by molar-refractivity contribution is -0.135. The third-order valence-corrected chi connectivity index (χ3v) is 6.02. The third-order valence-electron chi connectivity index (χ3n) is 6.02. The molecule has 2 rings (SSSR count). The molecule has 0 aromatic heterocycles. The molecule has 4 amide bonds. The van der Waals surface area contributed by atoms with E-state index >= 15 is 0 Å². The number of hydrogen-bond acceptors (Lipinski definition) is 4. The van der Waals surface area contributed by atoms with Crippen molar-refractivity contribution in [1.29, 1.82) is 0 Å². The Bertz CT molecular complexity index is 879. The van der Waals surface area contributed by atoms with Crippen molar-refractivity contribution in [3.05, 3.63) is 47.0 Å². The van der Waals surface area contributed by atoms with Crippen molar-refractivity contribution in [3.8, 4) is 0 Å². The van der Waals surface area contributed by atoms with Crippen molar-refractivity contribution in [3.63, 3.8) is 0 Å². The molecule has 1 aliphatic rings. The third kappa shape index (κ3) is 7.17. The van der Waals surface area contributed by atoms with Gasteiger partial charge in [-0.1, -0.05) is 49.8 Å². The molecule has 0 aliphatic carbocycles. The fraction of sp³-hybridized carbons (Fsp3) is 0.520. The zero-order valence-corrected chi connectivity index (χ0v) is 20.3. The van der Waals surface area contributed by atoms with Gasteiger partial charge >= 0.3 is 0 Å². The van der Waals surface area contributed by atoms with Crippen LogP contribution >= 0.6 is 0 Å². The first kappa shape index (κ1) is 26.1. The molecule has 1 heterocycles. The maximum absolute atomic E-state index is 13.2. The molecule has 180 valence electrons. The Kier molecular flexibility index (Phi) is 9.63. The van der Waals surface area contributed by atoms with Gasteiger partial charge in [-0.05, 0) is 38.2 Å². The van der Waals surface area contributed by atoms with E-state index in [1.807, 2.05) is 45.0 Å². The number of likely N-dealkylation sites (N-methyl/N-ethyl adjacent to an activating group) is 1. The minimum Gasteiger partial charge on any atom is -0.350 e. The average Bonchev–Trinajstić information content (AvgIpc) is 3.29. The number of nitrogens with one attached hydrogen (secondary N) is 2. The lowest BCUT2D eigenvalue weighted by Crippen LogP contribution is -2.47. The van der Waals surface area contributed by atoms with E-state index in [0.29, 0.717) is 31.5 Å². The topological polar surface area (TPSA) is 98.8 Å². The highest BCUT2D eigenvalue weighted by Gasteiger charge is 2.35. The molecular formula is C25H36N4O4. The van der Waals surface area contributed by atoms with Crippen molar-refractivity contribution in [1.82, 2.24) is 20.4 Å². The summed E-state index contributed by atoms with van der Waals surface area (Å²) < 4.78 is 0. The first-order chi connectivity index (χ1) is 15.6. The van der Waals surface area contributed by atoms with Crippen molar-refractivity contribution in [2.45, 2.75) is 59.2 Å². The van der Waals surface area contributed by atoms with Gasteiger partial charge in [0.25, 0.3) is 0 Å². The van der Waals surface area contributed by atoms with Gasteiger partial charge in [0.15, 0.2) is 0 Å². The Balaban J connectivity index is 2.07. The minimum atomic E-state index is -0.500. The van der Waals surface area contributed by atoms with Crippen molar-refractivity contribution < 1.29 is 19.2 Å². The number of hydrogen-bond donors (Lipinski definition) is 2.